The first-order valence-electron chi connectivity index (χ1n) is 3.63. The predicted octanol–water partition coefficient (Wildman–Crippen LogP) is 2.51. The van der Waals surface area contributed by atoms with Crippen LogP contribution < -0.4 is 5.73 Å². The first-order chi connectivity index (χ1) is 6.70. The molecule has 0 saturated carbocycles. The van der Waals surface area contributed by atoms with Crippen LogP contribution in [-0.2, 0) is 0 Å². The van der Waals surface area contributed by atoms with Crippen LogP contribution in [0.3, 0.4) is 0 Å². The largest absolute Gasteiger partial charge is 0.419 e. The van der Waals surface area contributed by atoms with Gasteiger partial charge in [0.2, 0.25) is 17.5 Å². The Morgan fingerprint density at radius 3 is 2.86 bits per heavy atom. The zero-order valence-electron chi connectivity index (χ0n) is 6.82. The topological polar surface area (TPSA) is 75.8 Å². The highest BCUT2D eigenvalue weighted by Gasteiger charge is 2.12. The van der Waals surface area contributed by atoms with Gasteiger partial charge in [0.25, 0.3) is 0 Å². The number of nitrogens with zero attached hydrogens (tertiary/aromatic N) is 2. The molecule has 0 aromatic carbocycles. The first-order valence-corrected chi connectivity index (χ1v) is 4.82. The Labute approximate surface area is 88.5 Å². The number of hydrogen-bond donors (Lipinski definition) is 1. The fourth-order valence-electron chi connectivity index (χ4n) is 0.947. The number of aromatic nitrogens is 1. The van der Waals surface area contributed by atoms with Gasteiger partial charge >= 0.3 is 0 Å². The zero-order chi connectivity index (χ0) is 10.1. The number of rotatable bonds is 1. The Morgan fingerprint density at radius 2 is 2.36 bits per heavy atom. The summed E-state index contributed by atoms with van der Waals surface area (Å²) < 4.78 is 5.74. The molecule has 0 amide bonds. The number of hydrogen-bond acceptors (Lipinski definition) is 5. The van der Waals surface area contributed by atoms with E-state index in [1.54, 1.807) is 12.1 Å². The van der Waals surface area contributed by atoms with E-state index in [0.717, 1.165) is 4.88 Å². The molecule has 2 rings (SSSR count). The Hall–Kier alpha value is -1.51. The van der Waals surface area contributed by atoms with Gasteiger partial charge in [-0.15, -0.1) is 11.3 Å². The third-order valence-electron chi connectivity index (χ3n) is 1.54. The number of nitrogen functional groups attached to an aromatic ring is 1. The summed E-state index contributed by atoms with van der Waals surface area (Å²) in [5.41, 5.74) is 5.52. The Kier molecular flexibility index (Phi) is 2.15. The molecule has 2 aromatic heterocycles. The van der Waals surface area contributed by atoms with Gasteiger partial charge in [-0.3, -0.25) is 0 Å². The molecular weight excluding hydrogens is 222 g/mol. The van der Waals surface area contributed by atoms with Gasteiger partial charge < -0.3 is 10.2 Å². The van der Waals surface area contributed by atoms with Gasteiger partial charge in [0.15, 0.2) is 0 Å². The molecule has 0 atom stereocenters. The number of oxazole rings is 1. The lowest BCUT2D eigenvalue weighted by atomic mass is 10.4. The number of anilines is 1. The van der Waals surface area contributed by atoms with E-state index in [4.69, 9.17) is 27.0 Å². The van der Waals surface area contributed by atoms with Gasteiger partial charge in [0.1, 0.15) is 6.07 Å². The third kappa shape index (κ3) is 1.45. The number of nitrogens with two attached hydrogens (primary N) is 1. The average Bonchev–Trinajstić information content (AvgIpc) is 2.71. The highest BCUT2D eigenvalue weighted by Crippen LogP contribution is 2.31. The molecule has 0 saturated heterocycles. The Morgan fingerprint density at radius 1 is 1.57 bits per heavy atom. The molecule has 0 bridgehead atoms. The Bertz CT molecular complexity index is 511. The van der Waals surface area contributed by atoms with Gasteiger partial charge in [0.05, 0.1) is 9.21 Å². The molecule has 0 aliphatic rings. The van der Waals surface area contributed by atoms with Crippen molar-refractivity contribution in [2.75, 3.05) is 5.73 Å². The van der Waals surface area contributed by atoms with Crippen LogP contribution >= 0.6 is 22.9 Å². The molecule has 2 aromatic rings. The lowest BCUT2D eigenvalue weighted by Crippen LogP contribution is -1.83. The molecule has 4 nitrogen and oxygen atoms in total. The van der Waals surface area contributed by atoms with Crippen molar-refractivity contribution in [2.45, 2.75) is 0 Å². The molecule has 0 aliphatic heterocycles. The minimum atomic E-state index is 0.0343. The summed E-state index contributed by atoms with van der Waals surface area (Å²) in [6, 6.07) is 5.33. The summed E-state index contributed by atoms with van der Waals surface area (Å²) in [4.78, 5) is 4.66. The molecule has 0 aliphatic carbocycles. The minimum Gasteiger partial charge on any atom is -0.419 e. The van der Waals surface area contributed by atoms with Crippen LogP contribution in [0.2, 0.25) is 4.34 Å². The van der Waals surface area contributed by atoms with E-state index in [1.807, 2.05) is 6.07 Å². The third-order valence-corrected chi connectivity index (χ3v) is 2.76. The molecule has 2 heterocycles. The molecule has 0 unspecified atom stereocenters. The fraction of sp³-hybridized carbons (Fsp3) is 0. The van der Waals surface area contributed by atoms with Crippen molar-refractivity contribution < 1.29 is 4.42 Å². The highest BCUT2D eigenvalue weighted by atomic mass is 35.5. The summed E-state index contributed by atoms with van der Waals surface area (Å²) in [6.45, 7) is 0. The fourth-order valence-corrected chi connectivity index (χ4v) is 1.92. The van der Waals surface area contributed by atoms with Crippen LogP contribution in [0.4, 0.5) is 5.88 Å². The van der Waals surface area contributed by atoms with Gasteiger partial charge in [-0.05, 0) is 12.1 Å². The number of thiophene rings is 1. The van der Waals surface area contributed by atoms with Crippen molar-refractivity contribution in [3.8, 4) is 16.8 Å². The molecule has 2 N–H and O–H groups in total. The first kappa shape index (κ1) is 9.06. The maximum Gasteiger partial charge on any atom is 0.240 e. The number of halogens is 1. The van der Waals surface area contributed by atoms with E-state index in [1.165, 1.54) is 11.3 Å². The van der Waals surface area contributed by atoms with Crippen molar-refractivity contribution >= 4 is 28.8 Å². The van der Waals surface area contributed by atoms with Crippen LogP contribution in [-0.4, -0.2) is 4.98 Å². The van der Waals surface area contributed by atoms with Gasteiger partial charge in [-0.25, -0.2) is 0 Å². The minimum absolute atomic E-state index is 0.0343. The molecule has 0 radical (unpaired) electrons. The van der Waals surface area contributed by atoms with E-state index >= 15 is 0 Å². The standard InChI is InChI=1S/C8H4ClN3OS/c9-6-2-1-5(14-6)8-12-4(3-10)7(11)13-8/h1-2H,11H2. The van der Waals surface area contributed by atoms with Gasteiger partial charge in [-0.2, -0.15) is 10.2 Å². The lowest BCUT2D eigenvalue weighted by molar-refractivity contribution is 0.595. The summed E-state index contributed by atoms with van der Waals surface area (Å²) in [7, 11) is 0. The summed E-state index contributed by atoms with van der Waals surface area (Å²) in [5.74, 6) is 0.364. The van der Waals surface area contributed by atoms with Crippen LogP contribution in [0.15, 0.2) is 16.5 Å². The molecule has 6 heteroatoms. The predicted molar refractivity (Wildman–Crippen MR) is 54.0 cm³/mol. The normalized spacial score (nSPS) is 10.0. The second-order valence-electron chi connectivity index (χ2n) is 2.45. The van der Waals surface area contributed by atoms with Crippen LogP contribution in [0.25, 0.3) is 10.8 Å². The van der Waals surface area contributed by atoms with Crippen LogP contribution in [0.5, 0.6) is 0 Å². The lowest BCUT2D eigenvalue weighted by Gasteiger charge is -1.84. The van der Waals surface area contributed by atoms with Crippen LogP contribution in [0.1, 0.15) is 5.69 Å². The van der Waals surface area contributed by atoms with Crippen LogP contribution in [0, 0.1) is 11.3 Å². The maximum absolute atomic E-state index is 8.61. The van der Waals surface area contributed by atoms with E-state index in [2.05, 4.69) is 4.98 Å². The SMILES string of the molecule is N#Cc1nc(-c2ccc(Cl)s2)oc1N. The van der Waals surface area contributed by atoms with Crippen molar-refractivity contribution in [2.24, 2.45) is 0 Å². The monoisotopic (exact) mass is 225 g/mol. The Balaban J connectivity index is 2.48. The van der Waals surface area contributed by atoms with Crippen molar-refractivity contribution in [3.05, 3.63) is 22.2 Å². The second-order valence-corrected chi connectivity index (χ2v) is 4.16. The van der Waals surface area contributed by atoms with Crippen molar-refractivity contribution in [1.82, 2.24) is 4.98 Å². The van der Waals surface area contributed by atoms with E-state index < -0.39 is 0 Å². The molecular formula is C8H4ClN3OS. The summed E-state index contributed by atoms with van der Waals surface area (Å²) in [6.07, 6.45) is 0. The molecule has 14 heavy (non-hydrogen) atoms. The second kappa shape index (κ2) is 3.33. The molecule has 0 fully saturated rings. The molecule has 0 spiro atoms. The van der Waals surface area contributed by atoms with Crippen molar-refractivity contribution in [3.63, 3.8) is 0 Å². The van der Waals surface area contributed by atoms with Crippen molar-refractivity contribution in [1.29, 1.82) is 5.26 Å². The van der Waals surface area contributed by atoms with Gasteiger partial charge in [0, 0.05) is 0 Å². The summed E-state index contributed by atoms with van der Waals surface area (Å²) in [5, 5.41) is 8.61. The average molecular weight is 226 g/mol. The maximum atomic E-state index is 8.61. The number of nitriles is 1. The van der Waals surface area contributed by atoms with E-state index in [9.17, 15) is 0 Å². The zero-order valence-corrected chi connectivity index (χ0v) is 8.39. The summed E-state index contributed by atoms with van der Waals surface area (Å²) >= 11 is 7.06. The highest BCUT2D eigenvalue weighted by molar-refractivity contribution is 7.19. The van der Waals surface area contributed by atoms with Gasteiger partial charge in [-0.1, -0.05) is 11.6 Å². The van der Waals surface area contributed by atoms with E-state index in [0.29, 0.717) is 10.2 Å². The smallest absolute Gasteiger partial charge is 0.240 e. The quantitative estimate of drug-likeness (QED) is 0.809. The van der Waals surface area contributed by atoms with E-state index in [-0.39, 0.29) is 11.6 Å². The molecule has 70 valence electrons.